The highest BCUT2D eigenvalue weighted by Crippen LogP contribution is 2.21. The van der Waals surface area contributed by atoms with Gasteiger partial charge in [-0.3, -0.25) is 4.39 Å². The summed E-state index contributed by atoms with van der Waals surface area (Å²) in [5.41, 5.74) is 0. The van der Waals surface area contributed by atoms with Gasteiger partial charge in [-0.2, -0.15) is 0 Å². The van der Waals surface area contributed by atoms with E-state index in [-0.39, 0.29) is 17.6 Å². The Morgan fingerprint density at radius 2 is 2.24 bits per heavy atom. The van der Waals surface area contributed by atoms with Crippen LogP contribution in [-0.4, -0.2) is 43.3 Å². The van der Waals surface area contributed by atoms with Crippen molar-refractivity contribution in [3.05, 3.63) is 23.1 Å². The van der Waals surface area contributed by atoms with E-state index in [4.69, 9.17) is 16.3 Å². The van der Waals surface area contributed by atoms with Gasteiger partial charge >= 0.3 is 0 Å². The second kappa shape index (κ2) is 7.40. The molecule has 1 aromatic heterocycles. The third-order valence-corrected chi connectivity index (χ3v) is 2.43. The van der Waals surface area contributed by atoms with E-state index in [0.717, 1.165) is 12.3 Å². The number of hydrogen-bond donors (Lipinski definition) is 0. The lowest BCUT2D eigenvalue weighted by molar-refractivity contribution is 0.225. The summed E-state index contributed by atoms with van der Waals surface area (Å²) < 4.78 is 29.9. The first kappa shape index (κ1) is 14.1. The monoisotopic (exact) mass is 264 g/mol. The molecule has 0 amide bonds. The molecular weight excluding hydrogens is 250 g/mol. The van der Waals surface area contributed by atoms with Gasteiger partial charge < -0.3 is 9.64 Å². The maximum absolute atomic E-state index is 12.7. The van der Waals surface area contributed by atoms with Gasteiger partial charge in [-0.05, 0) is 19.5 Å². The van der Waals surface area contributed by atoms with E-state index in [1.54, 1.807) is 0 Å². The maximum atomic E-state index is 12.7. The highest BCUT2D eigenvalue weighted by molar-refractivity contribution is 6.31. The zero-order chi connectivity index (χ0) is 12.7. The summed E-state index contributed by atoms with van der Waals surface area (Å²) in [4.78, 5) is 5.67. The average molecular weight is 265 g/mol. The molecule has 1 aromatic rings. The molecule has 0 bridgehead atoms. The van der Waals surface area contributed by atoms with Crippen LogP contribution in [0.1, 0.15) is 6.42 Å². The van der Waals surface area contributed by atoms with Crippen LogP contribution in [0.3, 0.4) is 0 Å². The largest absolute Gasteiger partial charge is 0.475 e. The Labute approximate surface area is 104 Å². The van der Waals surface area contributed by atoms with E-state index >= 15 is 0 Å². The van der Waals surface area contributed by atoms with Gasteiger partial charge in [-0.1, -0.05) is 11.6 Å². The lowest BCUT2D eigenvalue weighted by atomic mass is 10.4. The van der Waals surface area contributed by atoms with Gasteiger partial charge in [0, 0.05) is 13.1 Å². The third kappa shape index (κ3) is 5.28. The van der Waals surface area contributed by atoms with Crippen LogP contribution in [0.4, 0.5) is 8.78 Å². The number of ether oxygens (including phenoxy) is 1. The van der Waals surface area contributed by atoms with Gasteiger partial charge in [0.1, 0.15) is 17.4 Å². The summed E-state index contributed by atoms with van der Waals surface area (Å²) >= 11 is 5.74. The Kier molecular flexibility index (Phi) is 6.15. The molecule has 0 fully saturated rings. The van der Waals surface area contributed by atoms with Crippen molar-refractivity contribution in [1.82, 2.24) is 9.88 Å². The fourth-order valence-electron chi connectivity index (χ4n) is 1.25. The topological polar surface area (TPSA) is 25.4 Å². The van der Waals surface area contributed by atoms with Crippen molar-refractivity contribution in [2.45, 2.75) is 6.42 Å². The number of aromatic nitrogens is 1. The fraction of sp³-hybridized carbons (Fsp3) is 0.545. The normalized spacial score (nSPS) is 10.9. The van der Waals surface area contributed by atoms with Gasteiger partial charge in [0.05, 0.1) is 12.9 Å². The molecule has 0 spiro atoms. The molecule has 0 aromatic carbocycles. The first-order chi connectivity index (χ1) is 8.13. The summed E-state index contributed by atoms with van der Waals surface area (Å²) in [6.45, 7) is 1.36. The van der Waals surface area contributed by atoms with Crippen molar-refractivity contribution in [3.63, 3.8) is 0 Å². The standard InChI is InChI=1S/C11H15ClF2N2O/c1-16(4-2-3-13)5-6-17-11-10(12)7-9(14)8-15-11/h7-8H,2-6H2,1H3. The molecule has 0 aliphatic rings. The summed E-state index contributed by atoms with van der Waals surface area (Å²) in [5, 5.41) is 0.149. The lowest BCUT2D eigenvalue weighted by Gasteiger charge is -2.15. The number of likely N-dealkylation sites (N-methyl/N-ethyl adjacent to an activating group) is 1. The second-order valence-electron chi connectivity index (χ2n) is 3.63. The predicted molar refractivity (Wildman–Crippen MR) is 62.8 cm³/mol. The Bertz CT molecular complexity index is 352. The zero-order valence-corrected chi connectivity index (χ0v) is 10.4. The molecule has 0 N–H and O–H groups in total. The molecule has 0 radical (unpaired) electrons. The smallest absolute Gasteiger partial charge is 0.232 e. The minimum absolute atomic E-state index is 0.149. The molecule has 3 nitrogen and oxygen atoms in total. The molecule has 1 heterocycles. The van der Waals surface area contributed by atoms with Crippen molar-refractivity contribution in [1.29, 1.82) is 0 Å². The van der Waals surface area contributed by atoms with Crippen LogP contribution in [0.25, 0.3) is 0 Å². The van der Waals surface area contributed by atoms with E-state index in [9.17, 15) is 8.78 Å². The van der Waals surface area contributed by atoms with Gasteiger partial charge in [-0.15, -0.1) is 0 Å². The Hall–Kier alpha value is -0.940. The first-order valence-electron chi connectivity index (χ1n) is 5.32. The van der Waals surface area contributed by atoms with Crippen LogP contribution in [0, 0.1) is 5.82 Å². The van der Waals surface area contributed by atoms with Gasteiger partial charge in [0.15, 0.2) is 0 Å². The minimum Gasteiger partial charge on any atom is -0.475 e. The van der Waals surface area contributed by atoms with Crippen molar-refractivity contribution < 1.29 is 13.5 Å². The van der Waals surface area contributed by atoms with Crippen LogP contribution in [-0.2, 0) is 0 Å². The van der Waals surface area contributed by atoms with Crippen molar-refractivity contribution in [2.75, 3.05) is 33.4 Å². The quantitative estimate of drug-likeness (QED) is 0.757. The van der Waals surface area contributed by atoms with Crippen LogP contribution in [0.5, 0.6) is 5.88 Å². The molecule has 0 unspecified atom stereocenters. The van der Waals surface area contributed by atoms with E-state index in [0.29, 0.717) is 26.1 Å². The van der Waals surface area contributed by atoms with Crippen LogP contribution in [0.15, 0.2) is 12.3 Å². The van der Waals surface area contributed by atoms with Crippen molar-refractivity contribution in [3.8, 4) is 5.88 Å². The van der Waals surface area contributed by atoms with E-state index in [1.807, 2.05) is 11.9 Å². The third-order valence-electron chi connectivity index (χ3n) is 2.16. The second-order valence-corrected chi connectivity index (χ2v) is 4.04. The Balaban J connectivity index is 2.30. The zero-order valence-electron chi connectivity index (χ0n) is 9.63. The predicted octanol–water partition coefficient (Wildman–Crippen LogP) is 2.54. The SMILES string of the molecule is CN(CCCF)CCOc1ncc(F)cc1Cl. The molecule has 0 aliphatic heterocycles. The molecule has 6 heteroatoms. The Morgan fingerprint density at radius 3 is 2.88 bits per heavy atom. The molecule has 17 heavy (non-hydrogen) atoms. The molecule has 1 rings (SSSR count). The number of alkyl halides is 1. The van der Waals surface area contributed by atoms with Gasteiger partial charge in [0.25, 0.3) is 0 Å². The number of rotatable bonds is 7. The van der Waals surface area contributed by atoms with Crippen molar-refractivity contribution >= 4 is 11.6 Å². The summed E-state index contributed by atoms with van der Waals surface area (Å²) in [5.74, 6) is -0.283. The maximum Gasteiger partial charge on any atom is 0.232 e. The fourth-order valence-corrected chi connectivity index (χ4v) is 1.46. The first-order valence-corrected chi connectivity index (χ1v) is 5.69. The van der Waals surface area contributed by atoms with Gasteiger partial charge in [-0.25, -0.2) is 9.37 Å². The average Bonchev–Trinajstić information content (AvgIpc) is 2.29. The highest BCUT2D eigenvalue weighted by Gasteiger charge is 2.05. The minimum atomic E-state index is -0.498. The van der Waals surface area contributed by atoms with Gasteiger partial charge in [0.2, 0.25) is 5.88 Å². The molecule has 0 saturated carbocycles. The molecule has 0 atom stereocenters. The van der Waals surface area contributed by atoms with Crippen LogP contribution < -0.4 is 4.74 Å². The van der Waals surface area contributed by atoms with E-state index in [2.05, 4.69) is 4.98 Å². The Morgan fingerprint density at radius 1 is 1.47 bits per heavy atom. The number of nitrogens with zero attached hydrogens (tertiary/aromatic N) is 2. The molecule has 0 aliphatic carbocycles. The molecule has 96 valence electrons. The highest BCUT2D eigenvalue weighted by atomic mass is 35.5. The van der Waals surface area contributed by atoms with E-state index in [1.165, 1.54) is 0 Å². The summed E-state index contributed by atoms with van der Waals surface area (Å²) in [6.07, 6.45) is 1.56. The summed E-state index contributed by atoms with van der Waals surface area (Å²) in [7, 11) is 1.87. The van der Waals surface area contributed by atoms with E-state index < -0.39 is 5.82 Å². The molecule has 0 saturated heterocycles. The van der Waals surface area contributed by atoms with Crippen LogP contribution in [0.2, 0.25) is 5.02 Å². The van der Waals surface area contributed by atoms with Crippen LogP contribution >= 0.6 is 11.6 Å². The van der Waals surface area contributed by atoms with Crippen molar-refractivity contribution in [2.24, 2.45) is 0 Å². The number of halogens is 3. The molecular formula is C11H15ClF2N2O. The lowest BCUT2D eigenvalue weighted by Crippen LogP contribution is -2.25. The number of hydrogen-bond acceptors (Lipinski definition) is 3. The number of pyridine rings is 1. The summed E-state index contributed by atoms with van der Waals surface area (Å²) in [6, 6.07) is 1.15.